The predicted molar refractivity (Wildman–Crippen MR) is 134 cm³/mol. The summed E-state index contributed by atoms with van der Waals surface area (Å²) in [5, 5.41) is 11.1. The lowest BCUT2D eigenvalue weighted by molar-refractivity contribution is -0.376. The number of hydrogen-bond acceptors (Lipinski definition) is 6. The lowest BCUT2D eigenvalue weighted by Crippen LogP contribution is -2.56. The third-order valence-corrected chi connectivity index (χ3v) is 11.1. The fourth-order valence-electron chi connectivity index (χ4n) is 4.02. The summed E-state index contributed by atoms with van der Waals surface area (Å²) in [5.41, 5.74) is 0. The van der Waals surface area contributed by atoms with Gasteiger partial charge in [0.2, 0.25) is 6.29 Å². The Balaban J connectivity index is 2.06. The molecule has 0 saturated heterocycles. The molecule has 16 heteroatoms. The van der Waals surface area contributed by atoms with Crippen LogP contribution in [-0.2, 0) is 28.9 Å². The van der Waals surface area contributed by atoms with Crippen molar-refractivity contribution in [3.05, 3.63) is 0 Å². The molecule has 0 aliphatic heterocycles. The van der Waals surface area contributed by atoms with E-state index in [0.717, 1.165) is 0 Å². The minimum atomic E-state index is -1.47. The van der Waals surface area contributed by atoms with Crippen molar-refractivity contribution in [2.24, 2.45) is 23.7 Å². The van der Waals surface area contributed by atoms with E-state index in [2.05, 4.69) is 0 Å². The molecule has 2 fully saturated rings. The molecule has 13 unspecified atom stereocenters. The first-order valence-electron chi connectivity index (χ1n) is 10.3. The van der Waals surface area contributed by atoms with Crippen molar-refractivity contribution >= 4 is 111 Å². The quantitative estimate of drug-likeness (QED) is 0.120. The van der Waals surface area contributed by atoms with Gasteiger partial charge in [-0.2, -0.15) is 4.89 Å². The van der Waals surface area contributed by atoms with E-state index in [1.165, 1.54) is 0 Å². The molecule has 0 aromatic heterocycles. The number of carboxylic acids is 2. The molecule has 2 aliphatic carbocycles. The summed E-state index contributed by atoms with van der Waals surface area (Å²) in [6.07, 6.45) is -1.23. The molecule has 2 saturated carbocycles. The Bertz CT molecular complexity index is 777. The molecule has 0 radical (unpaired) electrons. The largest absolute Gasteiger partial charge is 0.481 e. The van der Waals surface area contributed by atoms with Gasteiger partial charge in [0.1, 0.15) is 0 Å². The molecule has 2 aliphatic rings. The van der Waals surface area contributed by atoms with Crippen LogP contribution in [0.25, 0.3) is 0 Å². The Morgan fingerprint density at radius 2 is 1.11 bits per heavy atom. The maximum Gasteiger partial charge on any atom is 0.313 e. The number of carbonyl (C=O) groups is 3. The fraction of sp³-hybridized carbons (Fsp3) is 0.842. The van der Waals surface area contributed by atoms with Crippen LogP contribution < -0.4 is 0 Å². The molecule has 0 aromatic carbocycles. The summed E-state index contributed by atoms with van der Waals surface area (Å²) >= 11 is 49.4. The van der Waals surface area contributed by atoms with E-state index >= 15 is 0 Å². The van der Waals surface area contributed by atoms with Gasteiger partial charge < -0.3 is 14.9 Å². The highest BCUT2D eigenvalue weighted by Crippen LogP contribution is 2.44. The SMILES string of the molecule is CCC(OOCC1C(Cl)C(Cl)C(Cl)C(Cl)C1C(=O)O)OC(=O)C1C(Cl)C(Cl)C(Cl)C(Cl)C1C(=O)O. The number of esters is 1. The molecule has 0 bridgehead atoms. The number of carbonyl (C=O) groups excluding carboxylic acids is 1. The van der Waals surface area contributed by atoms with Gasteiger partial charge in [0.15, 0.2) is 0 Å². The van der Waals surface area contributed by atoms with E-state index in [9.17, 15) is 24.6 Å². The standard InChI is InChI=1S/C19H22Cl8O8/c1-2-5(34-19(32)8-7(18(30)31)11(22)15(26)16(27)12(8)23)35-33-3-4-6(17(28)29)10(21)14(25)13(24)9(4)20/h4-16H,2-3H2,1H3,(H,28,29)(H,30,31). The van der Waals surface area contributed by atoms with Crippen LogP contribution in [0.3, 0.4) is 0 Å². The molecular formula is C19H22Cl8O8. The smallest absolute Gasteiger partial charge is 0.313 e. The summed E-state index contributed by atoms with van der Waals surface area (Å²) in [6.45, 7) is 1.22. The third-order valence-electron chi connectivity index (χ3n) is 5.97. The van der Waals surface area contributed by atoms with Gasteiger partial charge in [-0.25, -0.2) is 4.89 Å². The number of ether oxygens (including phenoxy) is 1. The molecule has 2 N–H and O–H groups in total. The van der Waals surface area contributed by atoms with E-state index in [-0.39, 0.29) is 13.0 Å². The van der Waals surface area contributed by atoms with Crippen molar-refractivity contribution in [2.75, 3.05) is 6.61 Å². The van der Waals surface area contributed by atoms with Gasteiger partial charge in [0.25, 0.3) is 0 Å². The van der Waals surface area contributed by atoms with Crippen LogP contribution in [0.1, 0.15) is 13.3 Å². The average molecular weight is 662 g/mol. The Hall–Kier alpha value is 0.650. The number of aliphatic carboxylic acids is 2. The second-order valence-electron chi connectivity index (χ2n) is 8.13. The highest BCUT2D eigenvalue weighted by molar-refractivity contribution is 6.40. The average Bonchev–Trinajstić information content (AvgIpc) is 2.80. The van der Waals surface area contributed by atoms with E-state index in [4.69, 9.17) is 107 Å². The van der Waals surface area contributed by atoms with E-state index < -0.39 is 90.9 Å². The van der Waals surface area contributed by atoms with Crippen molar-refractivity contribution in [2.45, 2.75) is 62.7 Å². The maximum atomic E-state index is 12.9. The van der Waals surface area contributed by atoms with Gasteiger partial charge in [0.05, 0.1) is 67.4 Å². The first-order chi connectivity index (χ1) is 16.3. The maximum absolute atomic E-state index is 12.9. The Morgan fingerprint density at radius 1 is 0.686 bits per heavy atom. The highest BCUT2D eigenvalue weighted by atomic mass is 35.5. The minimum Gasteiger partial charge on any atom is -0.481 e. The number of hydrogen-bond donors (Lipinski definition) is 2. The number of alkyl halides is 8. The van der Waals surface area contributed by atoms with E-state index in [1.54, 1.807) is 6.92 Å². The van der Waals surface area contributed by atoms with Crippen LogP contribution in [0, 0.1) is 23.7 Å². The fourth-order valence-corrected chi connectivity index (χ4v) is 7.27. The number of carboxylic acid groups (broad SMARTS) is 2. The predicted octanol–water partition coefficient (Wildman–Crippen LogP) is 4.73. The molecule has 0 aromatic rings. The van der Waals surface area contributed by atoms with Crippen molar-refractivity contribution in [1.29, 1.82) is 0 Å². The topological polar surface area (TPSA) is 119 Å². The molecule has 0 amide bonds. The van der Waals surface area contributed by atoms with Crippen molar-refractivity contribution in [3.8, 4) is 0 Å². The minimum absolute atomic E-state index is 0.0766. The summed E-state index contributed by atoms with van der Waals surface area (Å²) in [5.74, 6) is -8.65. The van der Waals surface area contributed by atoms with Gasteiger partial charge in [-0.05, 0) is 0 Å². The molecule has 35 heavy (non-hydrogen) atoms. The second-order valence-corrected chi connectivity index (χ2v) is 12.2. The molecule has 0 heterocycles. The van der Waals surface area contributed by atoms with Gasteiger partial charge in [0, 0.05) is 12.3 Å². The van der Waals surface area contributed by atoms with Crippen molar-refractivity contribution < 1.29 is 39.1 Å². The van der Waals surface area contributed by atoms with Crippen LogP contribution >= 0.6 is 92.8 Å². The summed E-state index contributed by atoms with van der Waals surface area (Å²) < 4.78 is 5.25. The Morgan fingerprint density at radius 3 is 1.57 bits per heavy atom. The molecular weight excluding hydrogens is 640 g/mol. The van der Waals surface area contributed by atoms with Crippen LogP contribution in [0.15, 0.2) is 0 Å². The van der Waals surface area contributed by atoms with Crippen LogP contribution in [-0.4, -0.2) is 84.0 Å². The van der Waals surface area contributed by atoms with Gasteiger partial charge in [-0.15, -0.1) is 92.8 Å². The summed E-state index contributed by atoms with van der Waals surface area (Å²) in [6, 6.07) is 0. The highest BCUT2D eigenvalue weighted by Gasteiger charge is 2.55. The van der Waals surface area contributed by atoms with E-state index in [0.29, 0.717) is 0 Å². The molecule has 13 atom stereocenters. The first kappa shape index (κ1) is 31.9. The van der Waals surface area contributed by atoms with Gasteiger partial charge >= 0.3 is 17.9 Å². The van der Waals surface area contributed by atoms with Crippen LogP contribution in [0.2, 0.25) is 0 Å². The molecule has 0 spiro atoms. The monoisotopic (exact) mass is 658 g/mol. The number of halogens is 8. The molecule has 202 valence electrons. The molecule has 8 nitrogen and oxygen atoms in total. The first-order valence-corrected chi connectivity index (χ1v) is 13.8. The second kappa shape index (κ2) is 13.6. The van der Waals surface area contributed by atoms with Crippen LogP contribution in [0.4, 0.5) is 0 Å². The zero-order valence-corrected chi connectivity index (χ0v) is 23.8. The Kier molecular flexibility index (Phi) is 12.4. The van der Waals surface area contributed by atoms with Crippen molar-refractivity contribution in [1.82, 2.24) is 0 Å². The number of rotatable bonds is 9. The lowest BCUT2D eigenvalue weighted by Gasteiger charge is -2.41. The zero-order chi connectivity index (χ0) is 26.8. The normalized spacial score (nSPS) is 42.8. The van der Waals surface area contributed by atoms with Gasteiger partial charge in [-0.3, -0.25) is 14.4 Å². The van der Waals surface area contributed by atoms with Crippen LogP contribution in [0.5, 0.6) is 0 Å². The molecule has 2 rings (SSSR count). The summed E-state index contributed by atoms with van der Waals surface area (Å²) in [4.78, 5) is 46.7. The zero-order valence-electron chi connectivity index (χ0n) is 17.8. The van der Waals surface area contributed by atoms with Crippen molar-refractivity contribution in [3.63, 3.8) is 0 Å². The lowest BCUT2D eigenvalue weighted by atomic mass is 9.78. The summed E-state index contributed by atoms with van der Waals surface area (Å²) in [7, 11) is 0. The van der Waals surface area contributed by atoms with Gasteiger partial charge in [-0.1, -0.05) is 6.92 Å². The third kappa shape index (κ3) is 7.00. The Labute approximate surface area is 241 Å². The van der Waals surface area contributed by atoms with E-state index in [1.807, 2.05) is 0 Å².